The number of rotatable bonds is 4. The number of benzene rings is 1. The third-order valence-electron chi connectivity index (χ3n) is 5.56. The van der Waals surface area contributed by atoms with Gasteiger partial charge in [0, 0.05) is 31.7 Å². The van der Waals surface area contributed by atoms with Crippen LogP contribution in [0.5, 0.6) is 0 Å². The van der Waals surface area contributed by atoms with Crippen LogP contribution >= 0.6 is 0 Å². The Labute approximate surface area is 183 Å². The molecular formula is C20H23F3N2O6S. The zero-order chi connectivity index (χ0) is 23.6. The van der Waals surface area contributed by atoms with Crippen molar-refractivity contribution in [2.45, 2.75) is 35.6 Å². The van der Waals surface area contributed by atoms with E-state index in [1.165, 1.54) is 16.4 Å². The number of piperidine rings is 1. The van der Waals surface area contributed by atoms with Crippen molar-refractivity contribution in [1.82, 2.24) is 9.21 Å². The second kappa shape index (κ2) is 9.27. The smallest absolute Gasteiger partial charge is 0.427 e. The van der Waals surface area contributed by atoms with E-state index in [0.29, 0.717) is 5.56 Å². The highest BCUT2D eigenvalue weighted by molar-refractivity contribution is 7.89. The molecule has 0 bridgehead atoms. The number of alkyl halides is 3. The first-order chi connectivity index (χ1) is 15.0. The summed E-state index contributed by atoms with van der Waals surface area (Å²) in [6, 6.07) is 6.04. The number of hydrogen-bond donors (Lipinski definition) is 1. The van der Waals surface area contributed by atoms with Crippen LogP contribution in [0.25, 0.3) is 0 Å². The highest BCUT2D eigenvalue weighted by atomic mass is 32.2. The molecule has 0 aliphatic carbocycles. The van der Waals surface area contributed by atoms with Gasteiger partial charge in [-0.1, -0.05) is 12.0 Å². The maximum atomic E-state index is 13.1. The van der Waals surface area contributed by atoms with Crippen LogP contribution in [-0.4, -0.2) is 86.1 Å². The maximum Gasteiger partial charge on any atom is 0.427 e. The molecular weight excluding hydrogens is 453 g/mol. The van der Waals surface area contributed by atoms with Crippen molar-refractivity contribution in [3.8, 4) is 12.3 Å². The standard InChI is InChI=1S/C20H23F3N2O6S/c1-2-15-4-3-5-16(12-15)32(28,29)25-10-11-30-19(14-25)6-8-24(9-7-19)18(27)31-17(13-26)20(21,22)23/h1,3-5,12,17,26H,6-11,13-14H2/t17-/m1/s1. The average Bonchev–Trinajstić information content (AvgIpc) is 2.77. The van der Waals surface area contributed by atoms with Gasteiger partial charge in [-0.25, -0.2) is 13.2 Å². The summed E-state index contributed by atoms with van der Waals surface area (Å²) in [6.07, 6.45) is -2.88. The van der Waals surface area contributed by atoms with Crippen LogP contribution in [-0.2, 0) is 19.5 Å². The summed E-state index contributed by atoms with van der Waals surface area (Å²) < 4.78 is 75.9. The van der Waals surface area contributed by atoms with Gasteiger partial charge in [-0.15, -0.1) is 6.42 Å². The highest BCUT2D eigenvalue weighted by Gasteiger charge is 2.46. The SMILES string of the molecule is C#Cc1cccc(S(=O)(=O)N2CCOC3(CCN(C(=O)O[C@H](CO)C(F)(F)F)CC3)C2)c1. The normalized spacial score (nSPS) is 20.5. The fourth-order valence-electron chi connectivity index (χ4n) is 3.71. The quantitative estimate of drug-likeness (QED) is 0.663. The van der Waals surface area contributed by atoms with Gasteiger partial charge in [-0.3, -0.25) is 0 Å². The van der Waals surface area contributed by atoms with Crippen molar-refractivity contribution >= 4 is 16.1 Å². The van der Waals surface area contributed by atoms with E-state index < -0.39 is 40.6 Å². The molecule has 176 valence electrons. The zero-order valence-electron chi connectivity index (χ0n) is 17.0. The predicted molar refractivity (Wildman–Crippen MR) is 106 cm³/mol. The molecule has 2 heterocycles. The summed E-state index contributed by atoms with van der Waals surface area (Å²) in [5, 5.41) is 8.83. The molecule has 2 aliphatic heterocycles. The lowest BCUT2D eigenvalue weighted by Crippen LogP contribution is -2.58. The van der Waals surface area contributed by atoms with Gasteiger partial charge in [0.1, 0.15) is 0 Å². The van der Waals surface area contributed by atoms with E-state index in [9.17, 15) is 26.4 Å². The zero-order valence-corrected chi connectivity index (χ0v) is 17.9. The fourth-order valence-corrected chi connectivity index (χ4v) is 5.26. The van der Waals surface area contributed by atoms with Crippen LogP contribution in [0.3, 0.4) is 0 Å². The number of amides is 1. The van der Waals surface area contributed by atoms with E-state index in [-0.39, 0.29) is 50.5 Å². The number of carbonyl (C=O) groups is 1. The van der Waals surface area contributed by atoms with E-state index in [1.54, 1.807) is 12.1 Å². The number of halogens is 3. The molecule has 3 rings (SSSR count). The van der Waals surface area contributed by atoms with Crippen LogP contribution in [0.2, 0.25) is 0 Å². The predicted octanol–water partition coefficient (Wildman–Crippen LogP) is 1.58. The first-order valence-corrected chi connectivity index (χ1v) is 11.3. The number of aliphatic hydroxyl groups is 1. The summed E-state index contributed by atoms with van der Waals surface area (Å²) >= 11 is 0. The number of sulfonamides is 1. The summed E-state index contributed by atoms with van der Waals surface area (Å²) in [4.78, 5) is 13.2. The van der Waals surface area contributed by atoms with Crippen molar-refractivity contribution in [2.24, 2.45) is 0 Å². The summed E-state index contributed by atoms with van der Waals surface area (Å²) in [6.45, 7) is -1.01. The van der Waals surface area contributed by atoms with Crippen molar-refractivity contribution in [2.75, 3.05) is 39.4 Å². The highest BCUT2D eigenvalue weighted by Crippen LogP contribution is 2.33. The second-order valence-electron chi connectivity index (χ2n) is 7.63. The number of ether oxygens (including phenoxy) is 2. The topological polar surface area (TPSA) is 96.4 Å². The number of aliphatic hydroxyl groups excluding tert-OH is 1. The monoisotopic (exact) mass is 476 g/mol. The van der Waals surface area contributed by atoms with E-state index in [2.05, 4.69) is 10.7 Å². The molecule has 1 amide bonds. The number of nitrogens with zero attached hydrogens (tertiary/aromatic N) is 2. The van der Waals surface area contributed by atoms with Crippen LogP contribution in [0, 0.1) is 12.3 Å². The van der Waals surface area contributed by atoms with E-state index in [4.69, 9.17) is 16.3 Å². The van der Waals surface area contributed by atoms with Crippen molar-refractivity contribution in [1.29, 1.82) is 0 Å². The molecule has 1 spiro atoms. The summed E-state index contributed by atoms with van der Waals surface area (Å²) in [5.41, 5.74) is -0.437. The number of likely N-dealkylation sites (tertiary alicyclic amines) is 1. The van der Waals surface area contributed by atoms with Crippen LogP contribution in [0.4, 0.5) is 18.0 Å². The Bertz CT molecular complexity index is 984. The van der Waals surface area contributed by atoms with Gasteiger partial charge in [0.05, 0.1) is 23.7 Å². The Morgan fingerprint density at radius 1 is 1.31 bits per heavy atom. The third kappa shape index (κ3) is 5.17. The van der Waals surface area contributed by atoms with Gasteiger partial charge in [0.25, 0.3) is 0 Å². The van der Waals surface area contributed by atoms with Gasteiger partial charge in [0.15, 0.2) is 0 Å². The lowest BCUT2D eigenvalue weighted by Gasteiger charge is -2.46. The minimum Gasteiger partial charge on any atom is -0.434 e. The Hall–Kier alpha value is -2.33. The first kappa shape index (κ1) is 24.3. The van der Waals surface area contributed by atoms with Gasteiger partial charge < -0.3 is 19.5 Å². The first-order valence-electron chi connectivity index (χ1n) is 9.85. The Kier molecular flexibility index (Phi) is 7.04. The molecule has 12 heteroatoms. The fraction of sp³-hybridized carbons (Fsp3) is 0.550. The average molecular weight is 476 g/mol. The number of hydrogen-bond acceptors (Lipinski definition) is 6. The van der Waals surface area contributed by atoms with Crippen LogP contribution in [0.1, 0.15) is 18.4 Å². The van der Waals surface area contributed by atoms with Crippen molar-refractivity contribution < 1.29 is 41.0 Å². The molecule has 1 N–H and O–H groups in total. The lowest BCUT2D eigenvalue weighted by atomic mass is 9.90. The van der Waals surface area contributed by atoms with Gasteiger partial charge in [-0.2, -0.15) is 17.5 Å². The molecule has 0 unspecified atom stereocenters. The van der Waals surface area contributed by atoms with Gasteiger partial charge in [-0.05, 0) is 31.0 Å². The largest absolute Gasteiger partial charge is 0.434 e. The molecule has 1 atom stereocenters. The summed E-state index contributed by atoms with van der Waals surface area (Å²) in [7, 11) is -3.84. The van der Waals surface area contributed by atoms with Gasteiger partial charge in [0.2, 0.25) is 16.1 Å². The van der Waals surface area contributed by atoms with Gasteiger partial charge >= 0.3 is 12.3 Å². The number of terminal acetylenes is 1. The minimum absolute atomic E-state index is 0.0231. The van der Waals surface area contributed by atoms with Crippen molar-refractivity contribution in [3.05, 3.63) is 29.8 Å². The van der Waals surface area contributed by atoms with Crippen molar-refractivity contribution in [3.63, 3.8) is 0 Å². The Balaban J connectivity index is 1.66. The maximum absolute atomic E-state index is 13.1. The lowest BCUT2D eigenvalue weighted by molar-refractivity contribution is -0.215. The molecule has 8 nitrogen and oxygen atoms in total. The molecule has 1 aromatic carbocycles. The molecule has 32 heavy (non-hydrogen) atoms. The van der Waals surface area contributed by atoms with E-state index in [1.807, 2.05) is 0 Å². The number of morpholine rings is 1. The molecule has 2 fully saturated rings. The molecule has 1 aromatic rings. The van der Waals surface area contributed by atoms with E-state index in [0.717, 1.165) is 4.90 Å². The molecule has 0 aromatic heterocycles. The second-order valence-corrected chi connectivity index (χ2v) is 9.56. The summed E-state index contributed by atoms with van der Waals surface area (Å²) in [5.74, 6) is 2.40. The number of carbonyl (C=O) groups excluding carboxylic acids is 1. The van der Waals surface area contributed by atoms with Crippen LogP contribution < -0.4 is 0 Å². The Morgan fingerprint density at radius 3 is 2.59 bits per heavy atom. The third-order valence-corrected chi connectivity index (χ3v) is 7.40. The Morgan fingerprint density at radius 2 is 2.00 bits per heavy atom. The molecule has 2 aliphatic rings. The van der Waals surface area contributed by atoms with Crippen LogP contribution in [0.15, 0.2) is 29.2 Å². The molecule has 2 saturated heterocycles. The molecule has 0 radical (unpaired) electrons. The minimum atomic E-state index is -4.88. The molecule has 0 saturated carbocycles. The van der Waals surface area contributed by atoms with E-state index >= 15 is 0 Å².